The fourth-order valence-corrected chi connectivity index (χ4v) is 6.24. The summed E-state index contributed by atoms with van der Waals surface area (Å²) in [5.74, 6) is 0.00629. The number of nitrogens with one attached hydrogen (secondary N) is 2. The number of ether oxygens (including phenoxy) is 1. The van der Waals surface area contributed by atoms with E-state index >= 15 is 0 Å². The average Bonchev–Trinajstić information content (AvgIpc) is 2.83. The van der Waals surface area contributed by atoms with Gasteiger partial charge in [0.05, 0.1) is 32.1 Å². The van der Waals surface area contributed by atoms with E-state index in [0.717, 1.165) is 17.2 Å². The Kier molecular flexibility index (Phi) is 9.93. The average molecular weight is 612 g/mol. The van der Waals surface area contributed by atoms with Crippen molar-refractivity contribution in [2.75, 3.05) is 20.2 Å². The molecule has 36 heavy (non-hydrogen) atoms. The molecular formula is C23H22Cl4N2O5S2. The van der Waals surface area contributed by atoms with Crippen LogP contribution in [0.2, 0.25) is 20.1 Å². The Morgan fingerprint density at radius 2 is 1.17 bits per heavy atom. The van der Waals surface area contributed by atoms with Crippen molar-refractivity contribution in [3.05, 3.63) is 85.8 Å². The van der Waals surface area contributed by atoms with E-state index in [1.54, 1.807) is 36.4 Å². The number of benzene rings is 3. The molecule has 3 aromatic carbocycles. The second-order valence-electron chi connectivity index (χ2n) is 7.61. The van der Waals surface area contributed by atoms with Gasteiger partial charge in [-0.15, -0.1) is 0 Å². The highest BCUT2D eigenvalue weighted by molar-refractivity contribution is 7.90. The molecule has 0 aliphatic heterocycles. The molecule has 3 aromatic rings. The van der Waals surface area contributed by atoms with Crippen molar-refractivity contribution in [2.45, 2.75) is 22.6 Å². The summed E-state index contributed by atoms with van der Waals surface area (Å²) in [6.07, 6.45) is 0.695. The number of sulfonamides is 2. The molecule has 0 fully saturated rings. The van der Waals surface area contributed by atoms with Crippen LogP contribution >= 0.6 is 46.4 Å². The first kappa shape index (κ1) is 29.0. The van der Waals surface area contributed by atoms with E-state index in [0.29, 0.717) is 32.9 Å². The maximum absolute atomic E-state index is 13.0. The lowest BCUT2D eigenvalue weighted by molar-refractivity contribution is 0.401. The third-order valence-electron chi connectivity index (χ3n) is 5.11. The van der Waals surface area contributed by atoms with Crippen LogP contribution in [0.4, 0.5) is 0 Å². The largest absolute Gasteiger partial charge is 0.495 e. The Bertz CT molecular complexity index is 1470. The second-order valence-corrected chi connectivity index (χ2v) is 12.7. The lowest BCUT2D eigenvalue weighted by atomic mass is 10.1. The molecule has 3 rings (SSSR count). The first-order valence-electron chi connectivity index (χ1n) is 10.5. The summed E-state index contributed by atoms with van der Waals surface area (Å²) in [5, 5.41) is 1.53. The van der Waals surface area contributed by atoms with Crippen LogP contribution in [0, 0.1) is 0 Å². The topological polar surface area (TPSA) is 102 Å². The van der Waals surface area contributed by atoms with Crippen molar-refractivity contribution in [1.82, 2.24) is 9.44 Å². The standard InChI is InChI=1S/C23H22Cl4N2O5S2/c1-34-22-7-4-17(35(30,31)28-10-8-15-2-5-18(24)20(26)12-15)14-23(22)36(32,33)29-11-9-16-3-6-19(25)21(27)13-16/h2-7,12-14,28-29H,8-11H2,1H3. The van der Waals surface area contributed by atoms with Crippen molar-refractivity contribution >= 4 is 66.5 Å². The van der Waals surface area contributed by atoms with Crippen LogP contribution < -0.4 is 14.2 Å². The lowest BCUT2D eigenvalue weighted by Crippen LogP contribution is -2.28. The molecule has 0 atom stereocenters. The van der Waals surface area contributed by atoms with Gasteiger partial charge < -0.3 is 4.74 Å². The van der Waals surface area contributed by atoms with Crippen LogP contribution in [0.25, 0.3) is 0 Å². The highest BCUT2D eigenvalue weighted by Crippen LogP contribution is 2.27. The van der Waals surface area contributed by atoms with E-state index in [1.165, 1.54) is 19.2 Å². The van der Waals surface area contributed by atoms with Crippen molar-refractivity contribution in [3.63, 3.8) is 0 Å². The van der Waals surface area contributed by atoms with Gasteiger partial charge in [-0.05, 0) is 66.4 Å². The van der Waals surface area contributed by atoms with E-state index in [2.05, 4.69) is 9.44 Å². The van der Waals surface area contributed by atoms with Crippen molar-refractivity contribution in [2.24, 2.45) is 0 Å². The number of halogens is 4. The molecule has 0 saturated carbocycles. The maximum Gasteiger partial charge on any atom is 0.244 e. The van der Waals surface area contributed by atoms with Gasteiger partial charge in [0.1, 0.15) is 10.6 Å². The zero-order valence-electron chi connectivity index (χ0n) is 18.9. The van der Waals surface area contributed by atoms with Crippen LogP contribution in [0.5, 0.6) is 5.75 Å². The Labute approximate surface area is 230 Å². The number of rotatable bonds is 11. The molecule has 0 heterocycles. The van der Waals surface area contributed by atoms with Crippen LogP contribution in [-0.2, 0) is 32.9 Å². The van der Waals surface area contributed by atoms with E-state index in [1.807, 2.05) is 0 Å². The summed E-state index contributed by atoms with van der Waals surface area (Å²) in [6.45, 7) is 0.110. The summed E-state index contributed by atoms with van der Waals surface area (Å²) in [4.78, 5) is -0.520. The van der Waals surface area contributed by atoms with Gasteiger partial charge >= 0.3 is 0 Å². The van der Waals surface area contributed by atoms with Crippen molar-refractivity contribution < 1.29 is 21.6 Å². The third kappa shape index (κ3) is 7.49. The number of hydrogen-bond acceptors (Lipinski definition) is 5. The molecule has 7 nitrogen and oxygen atoms in total. The summed E-state index contributed by atoms with van der Waals surface area (Å²) < 4.78 is 61.7. The Hall–Kier alpha value is -1.56. The van der Waals surface area contributed by atoms with Crippen molar-refractivity contribution in [3.8, 4) is 5.75 Å². The van der Waals surface area contributed by atoms with Gasteiger partial charge in [-0.25, -0.2) is 26.3 Å². The molecule has 0 aliphatic carbocycles. The molecule has 0 aromatic heterocycles. The van der Waals surface area contributed by atoms with Crippen molar-refractivity contribution in [1.29, 1.82) is 0 Å². The molecule has 0 spiro atoms. The fourth-order valence-electron chi connectivity index (χ4n) is 3.25. The molecule has 13 heteroatoms. The molecule has 0 bridgehead atoms. The van der Waals surface area contributed by atoms with Crippen LogP contribution in [0.3, 0.4) is 0 Å². The second kappa shape index (κ2) is 12.3. The molecule has 0 radical (unpaired) electrons. The van der Waals surface area contributed by atoms with Gasteiger partial charge in [0.2, 0.25) is 20.0 Å². The number of methoxy groups -OCH3 is 1. The third-order valence-corrected chi connectivity index (χ3v) is 9.53. The minimum atomic E-state index is -4.10. The SMILES string of the molecule is COc1ccc(S(=O)(=O)NCCc2ccc(Cl)c(Cl)c2)cc1S(=O)(=O)NCCc1ccc(Cl)c(Cl)c1. The maximum atomic E-state index is 13.0. The van der Waals surface area contributed by atoms with Gasteiger partial charge in [-0.1, -0.05) is 58.5 Å². The molecule has 0 aliphatic rings. The first-order valence-corrected chi connectivity index (χ1v) is 15.0. The van der Waals surface area contributed by atoms with E-state index in [4.69, 9.17) is 51.1 Å². The first-order chi connectivity index (χ1) is 16.9. The molecule has 194 valence electrons. The molecule has 0 amide bonds. The minimum Gasteiger partial charge on any atom is -0.495 e. The molecule has 0 saturated heterocycles. The lowest BCUT2D eigenvalue weighted by Gasteiger charge is -2.13. The van der Waals surface area contributed by atoms with Gasteiger partial charge in [0.15, 0.2) is 0 Å². The van der Waals surface area contributed by atoms with Crippen LogP contribution in [-0.4, -0.2) is 37.0 Å². The Balaban J connectivity index is 1.72. The van der Waals surface area contributed by atoms with E-state index in [-0.39, 0.29) is 28.6 Å². The monoisotopic (exact) mass is 610 g/mol. The molecule has 0 unspecified atom stereocenters. The van der Waals surface area contributed by atoms with E-state index in [9.17, 15) is 16.8 Å². The highest BCUT2D eigenvalue weighted by Gasteiger charge is 2.24. The highest BCUT2D eigenvalue weighted by atomic mass is 35.5. The minimum absolute atomic E-state index is 0.00629. The summed E-state index contributed by atoms with van der Waals surface area (Å²) in [7, 11) is -6.81. The van der Waals surface area contributed by atoms with Crippen LogP contribution in [0.1, 0.15) is 11.1 Å². The zero-order valence-corrected chi connectivity index (χ0v) is 23.6. The van der Waals surface area contributed by atoms with Gasteiger partial charge in [0, 0.05) is 13.1 Å². The predicted molar refractivity (Wildman–Crippen MR) is 144 cm³/mol. The number of hydrogen-bond donors (Lipinski definition) is 2. The summed E-state index contributed by atoms with van der Waals surface area (Å²) in [5.41, 5.74) is 1.57. The normalized spacial score (nSPS) is 12.0. The molecule has 2 N–H and O–H groups in total. The van der Waals surface area contributed by atoms with Crippen LogP contribution in [0.15, 0.2) is 64.4 Å². The summed E-state index contributed by atoms with van der Waals surface area (Å²) in [6, 6.07) is 13.7. The molecular weight excluding hydrogens is 590 g/mol. The zero-order chi connectivity index (χ0) is 26.5. The van der Waals surface area contributed by atoms with E-state index < -0.39 is 20.0 Å². The Morgan fingerprint density at radius 1 is 0.667 bits per heavy atom. The van der Waals surface area contributed by atoms with Gasteiger partial charge in [-0.2, -0.15) is 0 Å². The van der Waals surface area contributed by atoms with Gasteiger partial charge in [0.25, 0.3) is 0 Å². The summed E-state index contributed by atoms with van der Waals surface area (Å²) >= 11 is 23.8. The fraction of sp³-hybridized carbons (Fsp3) is 0.217. The quantitative estimate of drug-likeness (QED) is 0.304. The van der Waals surface area contributed by atoms with Gasteiger partial charge in [-0.3, -0.25) is 0 Å². The predicted octanol–water partition coefficient (Wildman–Crippen LogP) is 5.35. The Morgan fingerprint density at radius 3 is 1.64 bits per heavy atom. The smallest absolute Gasteiger partial charge is 0.244 e.